The van der Waals surface area contributed by atoms with E-state index in [1.165, 1.54) is 0 Å². The van der Waals surface area contributed by atoms with E-state index in [1.807, 2.05) is 12.1 Å². The average molecular weight is 338 g/mol. The normalized spacial score (nSPS) is 15.2. The van der Waals surface area contributed by atoms with Crippen molar-refractivity contribution in [2.45, 2.75) is 51.6 Å². The summed E-state index contributed by atoms with van der Waals surface area (Å²) in [5.74, 6) is -3.22. The first-order chi connectivity index (χ1) is 11.4. The quantitative estimate of drug-likeness (QED) is 0.410. The van der Waals surface area contributed by atoms with Crippen LogP contribution in [-0.4, -0.2) is 37.2 Å². The van der Waals surface area contributed by atoms with E-state index in [4.69, 9.17) is 31.5 Å². The molecule has 0 heterocycles. The molecule has 4 N–H and O–H groups in total. The van der Waals surface area contributed by atoms with Crippen LogP contribution in [0.15, 0.2) is 0 Å². The number of nitrogens with zero attached hydrogens (tertiary/aromatic N) is 2. The molecule has 4 unspecified atom stereocenters. The summed E-state index contributed by atoms with van der Waals surface area (Å²) in [4.78, 5) is 23.2. The fourth-order valence-corrected chi connectivity index (χ4v) is 2.20. The molecule has 0 bridgehead atoms. The van der Waals surface area contributed by atoms with Crippen LogP contribution in [0.2, 0.25) is 0 Å². The molecule has 0 aromatic carbocycles. The number of ether oxygens (including phenoxy) is 2. The SMILES string of the molecule is CCOC(=O)C(C#N)C(N)CCCCC(N)C(C#N)C(=O)OCC. The van der Waals surface area contributed by atoms with Gasteiger partial charge in [0.1, 0.15) is 0 Å². The van der Waals surface area contributed by atoms with Crippen LogP contribution in [0, 0.1) is 34.5 Å². The highest BCUT2D eigenvalue weighted by atomic mass is 16.5. The Bertz CT molecular complexity index is 439. The second kappa shape index (κ2) is 12.3. The first kappa shape index (κ1) is 21.8. The van der Waals surface area contributed by atoms with Gasteiger partial charge in [0, 0.05) is 12.1 Å². The molecule has 0 aliphatic rings. The smallest absolute Gasteiger partial charge is 0.324 e. The van der Waals surface area contributed by atoms with Crippen LogP contribution in [0.5, 0.6) is 0 Å². The number of esters is 2. The largest absolute Gasteiger partial charge is 0.465 e. The van der Waals surface area contributed by atoms with E-state index in [-0.39, 0.29) is 13.2 Å². The number of carbonyl (C=O) groups excluding carboxylic acids is 2. The minimum Gasteiger partial charge on any atom is -0.465 e. The Morgan fingerprint density at radius 2 is 1.21 bits per heavy atom. The molecule has 0 rings (SSSR count). The van der Waals surface area contributed by atoms with Crippen LogP contribution in [0.1, 0.15) is 39.5 Å². The van der Waals surface area contributed by atoms with E-state index in [1.54, 1.807) is 13.8 Å². The van der Waals surface area contributed by atoms with Gasteiger partial charge in [-0.1, -0.05) is 12.8 Å². The summed E-state index contributed by atoms with van der Waals surface area (Å²) in [6.07, 6.45) is 2.13. The van der Waals surface area contributed by atoms with Gasteiger partial charge >= 0.3 is 11.9 Å². The third-order valence-electron chi connectivity index (χ3n) is 3.54. The molecule has 134 valence electrons. The maximum Gasteiger partial charge on any atom is 0.324 e. The molecule has 0 amide bonds. The van der Waals surface area contributed by atoms with Crippen molar-refractivity contribution in [2.24, 2.45) is 23.3 Å². The maximum atomic E-state index is 11.6. The van der Waals surface area contributed by atoms with Crippen LogP contribution in [0.4, 0.5) is 0 Å². The van der Waals surface area contributed by atoms with E-state index in [2.05, 4.69) is 0 Å². The summed E-state index contributed by atoms with van der Waals surface area (Å²) < 4.78 is 9.61. The second-order valence-corrected chi connectivity index (χ2v) is 5.33. The highest BCUT2D eigenvalue weighted by Crippen LogP contribution is 2.15. The van der Waals surface area contributed by atoms with Gasteiger partial charge in [0.05, 0.1) is 25.4 Å². The molecule has 8 heteroatoms. The zero-order valence-corrected chi connectivity index (χ0v) is 14.2. The first-order valence-electron chi connectivity index (χ1n) is 8.06. The Kier molecular flexibility index (Phi) is 11.2. The molecule has 8 nitrogen and oxygen atoms in total. The van der Waals surface area contributed by atoms with Gasteiger partial charge in [-0.3, -0.25) is 9.59 Å². The lowest BCUT2D eigenvalue weighted by atomic mass is 9.93. The van der Waals surface area contributed by atoms with Gasteiger partial charge in [-0.05, 0) is 26.7 Å². The molecule has 4 atom stereocenters. The highest BCUT2D eigenvalue weighted by Gasteiger charge is 2.28. The van der Waals surface area contributed by atoms with Crippen LogP contribution in [0.25, 0.3) is 0 Å². The third kappa shape index (κ3) is 7.40. The molecule has 24 heavy (non-hydrogen) atoms. The van der Waals surface area contributed by atoms with Gasteiger partial charge in [0.15, 0.2) is 11.8 Å². The number of nitriles is 2. The molecule has 0 spiro atoms. The van der Waals surface area contributed by atoms with Crippen molar-refractivity contribution in [3.05, 3.63) is 0 Å². The maximum absolute atomic E-state index is 11.6. The van der Waals surface area contributed by atoms with Crippen molar-refractivity contribution < 1.29 is 19.1 Å². The van der Waals surface area contributed by atoms with Gasteiger partial charge in [-0.15, -0.1) is 0 Å². The summed E-state index contributed by atoms with van der Waals surface area (Å²) in [7, 11) is 0. The van der Waals surface area contributed by atoms with Crippen molar-refractivity contribution >= 4 is 11.9 Å². The molecule has 0 saturated carbocycles. The molecule has 0 aliphatic heterocycles. The zero-order chi connectivity index (χ0) is 18.5. The number of rotatable bonds is 11. The fourth-order valence-electron chi connectivity index (χ4n) is 2.20. The minimum absolute atomic E-state index is 0.196. The van der Waals surface area contributed by atoms with E-state index >= 15 is 0 Å². The molecule has 0 aromatic heterocycles. The Morgan fingerprint density at radius 3 is 1.46 bits per heavy atom. The summed E-state index contributed by atoms with van der Waals surface area (Å²) in [6.45, 7) is 3.72. The van der Waals surface area contributed by atoms with Crippen molar-refractivity contribution in [3.8, 4) is 12.1 Å². The zero-order valence-electron chi connectivity index (χ0n) is 14.2. The van der Waals surface area contributed by atoms with Gasteiger partial charge in [0.25, 0.3) is 0 Å². The standard InChI is InChI=1S/C16H26N4O4/c1-3-23-15(21)11(9-17)13(19)7-5-6-8-14(20)12(10-18)16(22)24-4-2/h11-14H,3-8,19-20H2,1-2H3. The molecule has 0 fully saturated rings. The molecule has 0 radical (unpaired) electrons. The van der Waals surface area contributed by atoms with Crippen molar-refractivity contribution in [1.82, 2.24) is 0 Å². The van der Waals surface area contributed by atoms with Crippen molar-refractivity contribution in [3.63, 3.8) is 0 Å². The van der Waals surface area contributed by atoms with Crippen LogP contribution in [-0.2, 0) is 19.1 Å². The van der Waals surface area contributed by atoms with Crippen LogP contribution in [0.3, 0.4) is 0 Å². The van der Waals surface area contributed by atoms with E-state index in [0.717, 1.165) is 0 Å². The van der Waals surface area contributed by atoms with Crippen LogP contribution >= 0.6 is 0 Å². The van der Waals surface area contributed by atoms with Crippen molar-refractivity contribution in [1.29, 1.82) is 10.5 Å². The van der Waals surface area contributed by atoms with E-state index in [0.29, 0.717) is 25.7 Å². The monoisotopic (exact) mass is 338 g/mol. The lowest BCUT2D eigenvalue weighted by Gasteiger charge is -2.18. The summed E-state index contributed by atoms with van der Waals surface area (Å²) in [5.41, 5.74) is 11.7. The lowest BCUT2D eigenvalue weighted by Crippen LogP contribution is -2.37. The number of nitrogens with two attached hydrogens (primary N) is 2. The fraction of sp³-hybridized carbons (Fsp3) is 0.750. The predicted molar refractivity (Wildman–Crippen MR) is 85.9 cm³/mol. The average Bonchev–Trinajstić information content (AvgIpc) is 2.53. The first-order valence-corrected chi connectivity index (χ1v) is 8.06. The van der Waals surface area contributed by atoms with Gasteiger partial charge in [0.2, 0.25) is 0 Å². The molecular formula is C16H26N4O4. The minimum atomic E-state index is -0.995. The highest BCUT2D eigenvalue weighted by molar-refractivity contribution is 5.76. The number of unbranched alkanes of at least 4 members (excludes halogenated alkanes) is 1. The van der Waals surface area contributed by atoms with E-state index < -0.39 is 35.9 Å². The Balaban J connectivity index is 4.28. The third-order valence-corrected chi connectivity index (χ3v) is 3.54. The Labute approximate surface area is 142 Å². The molecule has 0 saturated heterocycles. The van der Waals surface area contributed by atoms with Crippen molar-refractivity contribution in [2.75, 3.05) is 13.2 Å². The lowest BCUT2D eigenvalue weighted by molar-refractivity contribution is -0.147. The van der Waals surface area contributed by atoms with E-state index in [9.17, 15) is 9.59 Å². The van der Waals surface area contributed by atoms with Gasteiger partial charge < -0.3 is 20.9 Å². The number of hydrogen-bond donors (Lipinski definition) is 2. The predicted octanol–water partition coefficient (Wildman–Crippen LogP) is 0.607. The summed E-state index contributed by atoms with van der Waals surface area (Å²) >= 11 is 0. The van der Waals surface area contributed by atoms with Crippen LogP contribution < -0.4 is 11.5 Å². The Morgan fingerprint density at radius 1 is 0.875 bits per heavy atom. The summed E-state index contributed by atoms with van der Waals surface area (Å²) in [6, 6.07) is 2.48. The second-order valence-electron chi connectivity index (χ2n) is 5.33. The topological polar surface area (TPSA) is 152 Å². The number of carbonyl (C=O) groups is 2. The molecule has 0 aromatic rings. The van der Waals surface area contributed by atoms with Gasteiger partial charge in [-0.25, -0.2) is 0 Å². The van der Waals surface area contributed by atoms with Gasteiger partial charge in [-0.2, -0.15) is 10.5 Å². The Hall–Kier alpha value is -2.16. The molecular weight excluding hydrogens is 312 g/mol. The molecule has 0 aliphatic carbocycles. The number of hydrogen-bond acceptors (Lipinski definition) is 8. The summed E-state index contributed by atoms with van der Waals surface area (Å²) in [5, 5.41) is 18.0.